The summed E-state index contributed by atoms with van der Waals surface area (Å²) in [6, 6.07) is 5.59. The van der Waals surface area contributed by atoms with Gasteiger partial charge in [-0.15, -0.1) is 0 Å². The van der Waals surface area contributed by atoms with Crippen LogP contribution in [-0.2, 0) is 9.59 Å². The average Bonchev–Trinajstić information content (AvgIpc) is 3.25. The molecule has 1 aliphatic carbocycles. The molecule has 1 aromatic rings. The number of rotatable bonds is 2. The predicted octanol–water partition coefficient (Wildman–Crippen LogP) is 2.67. The second-order valence-corrected chi connectivity index (χ2v) is 6.54. The third-order valence-corrected chi connectivity index (χ3v) is 4.81. The number of hydrogen-bond donors (Lipinski definition) is 1. The van der Waals surface area contributed by atoms with Crippen molar-refractivity contribution >= 4 is 29.1 Å². The van der Waals surface area contributed by atoms with Crippen LogP contribution in [0.1, 0.15) is 31.7 Å². The van der Waals surface area contributed by atoms with Crippen LogP contribution in [0.2, 0.25) is 5.02 Å². The molecule has 2 fully saturated rings. The molecule has 0 radical (unpaired) electrons. The first-order valence-electron chi connectivity index (χ1n) is 7.31. The Morgan fingerprint density at radius 3 is 2.67 bits per heavy atom. The Balaban J connectivity index is 2.05. The van der Waals surface area contributed by atoms with Gasteiger partial charge in [0.15, 0.2) is 0 Å². The lowest BCUT2D eigenvalue weighted by molar-refractivity contribution is -0.130. The number of carbonyl (C=O) groups is 2. The van der Waals surface area contributed by atoms with E-state index in [2.05, 4.69) is 5.32 Å². The number of benzene rings is 1. The molecule has 2 aliphatic rings. The number of nitrogens with zero attached hydrogens (tertiary/aromatic N) is 1. The average molecular weight is 307 g/mol. The van der Waals surface area contributed by atoms with Crippen molar-refractivity contribution in [2.45, 2.75) is 38.6 Å². The second kappa shape index (κ2) is 5.02. The molecule has 4 nitrogen and oxygen atoms in total. The maximum Gasteiger partial charge on any atom is 0.252 e. The molecule has 0 bridgehead atoms. The molecule has 1 unspecified atom stereocenters. The molecule has 1 atom stereocenters. The monoisotopic (exact) mass is 306 g/mol. The fraction of sp³-hybridized carbons (Fsp3) is 0.500. The Morgan fingerprint density at radius 1 is 1.33 bits per heavy atom. The fourth-order valence-corrected chi connectivity index (χ4v) is 3.44. The maximum absolute atomic E-state index is 13.1. The lowest BCUT2D eigenvalue weighted by Gasteiger charge is -2.33. The molecule has 1 saturated heterocycles. The summed E-state index contributed by atoms with van der Waals surface area (Å²) in [5, 5.41) is 3.48. The number of anilines is 1. The van der Waals surface area contributed by atoms with Gasteiger partial charge in [-0.05, 0) is 44.2 Å². The SMILES string of the molecule is Cc1cccc(Cl)c1N1CCC(=O)NC(C)(C2CC2)C1=O. The first-order chi connectivity index (χ1) is 9.93. The quantitative estimate of drug-likeness (QED) is 0.913. The highest BCUT2D eigenvalue weighted by Crippen LogP contribution is 2.43. The molecule has 5 heteroatoms. The van der Waals surface area contributed by atoms with E-state index in [4.69, 9.17) is 11.6 Å². The van der Waals surface area contributed by atoms with Crippen LogP contribution >= 0.6 is 11.6 Å². The first-order valence-corrected chi connectivity index (χ1v) is 7.69. The highest BCUT2D eigenvalue weighted by molar-refractivity contribution is 6.34. The minimum atomic E-state index is -0.806. The van der Waals surface area contributed by atoms with Gasteiger partial charge in [-0.1, -0.05) is 23.7 Å². The summed E-state index contributed by atoms with van der Waals surface area (Å²) in [5.74, 6) is 0.120. The lowest BCUT2D eigenvalue weighted by atomic mass is 9.93. The number of carbonyl (C=O) groups excluding carboxylic acids is 2. The molecule has 21 heavy (non-hydrogen) atoms. The molecular weight excluding hydrogens is 288 g/mol. The molecular formula is C16H19ClN2O2. The maximum atomic E-state index is 13.1. The number of para-hydroxylation sites is 1. The van der Waals surface area contributed by atoms with Crippen molar-refractivity contribution in [1.29, 1.82) is 0 Å². The molecule has 1 heterocycles. The first kappa shape index (κ1) is 14.4. The summed E-state index contributed by atoms with van der Waals surface area (Å²) >= 11 is 6.31. The summed E-state index contributed by atoms with van der Waals surface area (Å²) in [6.45, 7) is 4.15. The second-order valence-electron chi connectivity index (χ2n) is 6.14. The zero-order valence-corrected chi connectivity index (χ0v) is 13.0. The van der Waals surface area contributed by atoms with E-state index in [0.29, 0.717) is 18.0 Å². The molecule has 0 aromatic heterocycles. The van der Waals surface area contributed by atoms with Crippen molar-refractivity contribution in [2.75, 3.05) is 11.4 Å². The molecule has 1 saturated carbocycles. The number of halogens is 1. The normalized spacial score (nSPS) is 26.5. The van der Waals surface area contributed by atoms with E-state index in [1.807, 2.05) is 26.0 Å². The van der Waals surface area contributed by atoms with Gasteiger partial charge in [-0.2, -0.15) is 0 Å². The zero-order chi connectivity index (χ0) is 15.2. The van der Waals surface area contributed by atoms with Gasteiger partial charge < -0.3 is 10.2 Å². The standard InChI is InChI=1S/C16H19ClN2O2/c1-10-4-3-5-12(17)14(10)19-9-8-13(20)18-16(2,15(19)21)11-6-7-11/h3-5,11H,6-9H2,1-2H3,(H,18,20). The summed E-state index contributed by atoms with van der Waals surface area (Å²) in [6.07, 6.45) is 2.27. The van der Waals surface area contributed by atoms with E-state index in [1.165, 1.54) is 0 Å². The molecule has 2 amide bonds. The Morgan fingerprint density at radius 2 is 2.05 bits per heavy atom. The highest BCUT2D eigenvalue weighted by atomic mass is 35.5. The summed E-state index contributed by atoms with van der Waals surface area (Å²) in [7, 11) is 0. The number of hydrogen-bond acceptors (Lipinski definition) is 2. The van der Waals surface area contributed by atoms with Crippen LogP contribution < -0.4 is 10.2 Å². The van der Waals surface area contributed by atoms with Gasteiger partial charge in [-0.25, -0.2) is 0 Å². The van der Waals surface area contributed by atoms with E-state index in [0.717, 1.165) is 24.1 Å². The number of nitrogens with one attached hydrogen (secondary N) is 1. The van der Waals surface area contributed by atoms with Gasteiger partial charge in [0.05, 0.1) is 10.7 Å². The molecule has 1 N–H and O–H groups in total. The van der Waals surface area contributed by atoms with E-state index in [-0.39, 0.29) is 17.7 Å². The van der Waals surface area contributed by atoms with Gasteiger partial charge >= 0.3 is 0 Å². The topological polar surface area (TPSA) is 49.4 Å². The van der Waals surface area contributed by atoms with Crippen LogP contribution in [0.3, 0.4) is 0 Å². The van der Waals surface area contributed by atoms with Crippen molar-refractivity contribution in [1.82, 2.24) is 5.32 Å². The van der Waals surface area contributed by atoms with Crippen molar-refractivity contribution in [3.63, 3.8) is 0 Å². The fourth-order valence-electron chi connectivity index (χ4n) is 3.12. The summed E-state index contributed by atoms with van der Waals surface area (Å²) in [4.78, 5) is 26.7. The number of amides is 2. The van der Waals surface area contributed by atoms with E-state index < -0.39 is 5.54 Å². The van der Waals surface area contributed by atoms with Gasteiger partial charge in [0, 0.05) is 13.0 Å². The predicted molar refractivity (Wildman–Crippen MR) is 82.4 cm³/mol. The van der Waals surface area contributed by atoms with Gasteiger partial charge in [0.25, 0.3) is 5.91 Å². The van der Waals surface area contributed by atoms with Gasteiger partial charge in [0.1, 0.15) is 5.54 Å². The van der Waals surface area contributed by atoms with Crippen molar-refractivity contribution < 1.29 is 9.59 Å². The van der Waals surface area contributed by atoms with Crippen molar-refractivity contribution in [3.8, 4) is 0 Å². The minimum Gasteiger partial charge on any atom is -0.342 e. The van der Waals surface area contributed by atoms with Crippen LogP contribution in [0.5, 0.6) is 0 Å². The zero-order valence-electron chi connectivity index (χ0n) is 12.3. The van der Waals surface area contributed by atoms with Crippen LogP contribution in [0.25, 0.3) is 0 Å². The number of aryl methyl sites for hydroxylation is 1. The Labute approximate surface area is 129 Å². The third kappa shape index (κ3) is 2.42. The van der Waals surface area contributed by atoms with Gasteiger partial charge in [-0.3, -0.25) is 9.59 Å². The van der Waals surface area contributed by atoms with Crippen LogP contribution in [0, 0.1) is 12.8 Å². The molecule has 3 rings (SSSR count). The Bertz CT molecular complexity index is 592. The molecule has 0 spiro atoms. The van der Waals surface area contributed by atoms with E-state index in [9.17, 15) is 9.59 Å². The third-order valence-electron chi connectivity index (χ3n) is 4.50. The minimum absolute atomic E-state index is 0.0490. The molecule has 1 aromatic carbocycles. The highest BCUT2D eigenvalue weighted by Gasteiger charge is 2.51. The smallest absolute Gasteiger partial charge is 0.252 e. The van der Waals surface area contributed by atoms with Gasteiger partial charge in [0.2, 0.25) is 5.91 Å². The van der Waals surface area contributed by atoms with Crippen LogP contribution in [0.4, 0.5) is 5.69 Å². The summed E-state index contributed by atoms with van der Waals surface area (Å²) < 4.78 is 0. The van der Waals surface area contributed by atoms with Crippen LogP contribution in [0.15, 0.2) is 18.2 Å². The molecule has 1 aliphatic heterocycles. The van der Waals surface area contributed by atoms with E-state index in [1.54, 1.807) is 11.0 Å². The Kier molecular flexibility index (Phi) is 3.44. The lowest BCUT2D eigenvalue weighted by Crippen LogP contribution is -2.57. The van der Waals surface area contributed by atoms with Crippen LogP contribution in [-0.4, -0.2) is 23.9 Å². The van der Waals surface area contributed by atoms with Crippen molar-refractivity contribution in [2.24, 2.45) is 5.92 Å². The summed E-state index contributed by atoms with van der Waals surface area (Å²) in [5.41, 5.74) is 0.870. The largest absolute Gasteiger partial charge is 0.342 e. The Hall–Kier alpha value is -1.55. The van der Waals surface area contributed by atoms with E-state index >= 15 is 0 Å². The van der Waals surface area contributed by atoms with Crippen molar-refractivity contribution in [3.05, 3.63) is 28.8 Å². The molecule has 112 valence electrons.